The van der Waals surface area contributed by atoms with Gasteiger partial charge in [-0.15, -0.1) is 0 Å². The second-order valence-corrected chi connectivity index (χ2v) is 5.86. The number of hydrogen-bond donors (Lipinski definition) is 1. The van der Waals surface area contributed by atoms with E-state index in [1.807, 2.05) is 6.92 Å². The Kier molecular flexibility index (Phi) is 7.23. The largest absolute Gasteiger partial charge is 0.464 e. The van der Waals surface area contributed by atoms with E-state index in [-0.39, 0.29) is 17.8 Å². The molecule has 2 atom stereocenters. The summed E-state index contributed by atoms with van der Waals surface area (Å²) in [6.07, 6.45) is 1.61. The highest BCUT2D eigenvalue weighted by Gasteiger charge is 2.35. The normalized spacial score (nSPS) is 21.0. The molecule has 0 bridgehead atoms. The van der Waals surface area contributed by atoms with Gasteiger partial charge in [0, 0.05) is 24.0 Å². The lowest BCUT2D eigenvalue weighted by molar-refractivity contribution is -0.155. The Morgan fingerprint density at radius 2 is 2.26 bits per heavy atom. The fourth-order valence-corrected chi connectivity index (χ4v) is 3.16. The Labute approximate surface area is 119 Å². The molecule has 110 valence electrons. The highest BCUT2D eigenvalue weighted by atomic mass is 32.2. The minimum absolute atomic E-state index is 0.0480. The van der Waals surface area contributed by atoms with Crippen molar-refractivity contribution in [3.63, 3.8) is 0 Å². The summed E-state index contributed by atoms with van der Waals surface area (Å²) >= 11 is 1.69. The van der Waals surface area contributed by atoms with Crippen molar-refractivity contribution in [2.24, 2.45) is 11.7 Å². The molecular formula is C13H24N2O3S. The number of nitrogens with zero attached hydrogens (tertiary/aromatic N) is 1. The Morgan fingerprint density at radius 3 is 2.89 bits per heavy atom. The monoisotopic (exact) mass is 288 g/mol. The topological polar surface area (TPSA) is 72.6 Å². The molecule has 0 aromatic carbocycles. The van der Waals surface area contributed by atoms with Crippen LogP contribution in [0.4, 0.5) is 0 Å². The van der Waals surface area contributed by atoms with Crippen molar-refractivity contribution in [3.05, 3.63) is 0 Å². The average molecular weight is 288 g/mol. The summed E-state index contributed by atoms with van der Waals surface area (Å²) in [6.45, 7) is 5.26. The predicted octanol–water partition coefficient (Wildman–Crippen LogP) is 0.869. The molecule has 0 aromatic heterocycles. The minimum Gasteiger partial charge on any atom is -0.464 e. The van der Waals surface area contributed by atoms with Crippen molar-refractivity contribution in [1.82, 2.24) is 4.90 Å². The number of thioether (sulfide) groups is 1. The first-order valence-corrected chi connectivity index (χ1v) is 8.02. The lowest BCUT2D eigenvalue weighted by Gasteiger charge is -2.35. The first-order valence-electron chi connectivity index (χ1n) is 6.86. The molecule has 19 heavy (non-hydrogen) atoms. The number of ether oxygens (including phenoxy) is 1. The van der Waals surface area contributed by atoms with Gasteiger partial charge in [-0.2, -0.15) is 11.8 Å². The number of esters is 1. The molecule has 0 aliphatic carbocycles. The summed E-state index contributed by atoms with van der Waals surface area (Å²) in [5.74, 6) is 1.20. The summed E-state index contributed by atoms with van der Waals surface area (Å²) in [5.41, 5.74) is 5.47. The van der Waals surface area contributed by atoms with Crippen molar-refractivity contribution >= 4 is 23.6 Å². The Balaban J connectivity index is 2.65. The molecule has 1 aliphatic rings. The molecule has 1 heterocycles. The summed E-state index contributed by atoms with van der Waals surface area (Å²) in [5, 5.41) is 0. The van der Waals surface area contributed by atoms with Crippen molar-refractivity contribution in [3.8, 4) is 0 Å². The Hall–Kier alpha value is -0.750. The van der Waals surface area contributed by atoms with Crippen molar-refractivity contribution < 1.29 is 14.3 Å². The molecule has 1 aliphatic heterocycles. The van der Waals surface area contributed by atoms with Crippen LogP contribution in [-0.4, -0.2) is 54.0 Å². The van der Waals surface area contributed by atoms with Gasteiger partial charge in [0.15, 0.2) is 0 Å². The van der Waals surface area contributed by atoms with Crippen LogP contribution < -0.4 is 5.73 Å². The van der Waals surface area contributed by atoms with Gasteiger partial charge in [0.1, 0.15) is 6.04 Å². The van der Waals surface area contributed by atoms with Gasteiger partial charge < -0.3 is 15.4 Å². The number of hydrogen-bond acceptors (Lipinski definition) is 5. The molecule has 1 fully saturated rings. The van der Waals surface area contributed by atoms with Crippen LogP contribution >= 0.6 is 11.8 Å². The maximum atomic E-state index is 12.4. The van der Waals surface area contributed by atoms with Crippen LogP contribution in [0.1, 0.15) is 26.7 Å². The quantitative estimate of drug-likeness (QED) is 0.734. The smallest absolute Gasteiger partial charge is 0.329 e. The third-order valence-electron chi connectivity index (χ3n) is 3.23. The van der Waals surface area contributed by atoms with Crippen molar-refractivity contribution in [2.75, 3.05) is 31.2 Å². The van der Waals surface area contributed by atoms with E-state index in [2.05, 4.69) is 0 Å². The number of carbonyl (C=O) groups excluding carboxylic acids is 2. The standard InChI is InChI=1S/C13H24N2O3S/c1-3-18-13(17)11-9-19-8-7-15(11)12(16)10(2)5-4-6-14/h10-11H,3-9,14H2,1-2H3. The van der Waals surface area contributed by atoms with E-state index < -0.39 is 6.04 Å². The van der Waals surface area contributed by atoms with Gasteiger partial charge in [-0.25, -0.2) is 4.79 Å². The zero-order valence-electron chi connectivity index (χ0n) is 11.8. The van der Waals surface area contributed by atoms with E-state index in [1.54, 1.807) is 23.6 Å². The van der Waals surface area contributed by atoms with E-state index in [9.17, 15) is 9.59 Å². The SMILES string of the molecule is CCOC(=O)C1CSCCN1C(=O)C(C)CCCN. The highest BCUT2D eigenvalue weighted by molar-refractivity contribution is 7.99. The zero-order valence-corrected chi connectivity index (χ0v) is 12.6. The first-order chi connectivity index (χ1) is 9.11. The van der Waals surface area contributed by atoms with Gasteiger partial charge in [-0.05, 0) is 26.3 Å². The molecule has 2 unspecified atom stereocenters. The lowest BCUT2D eigenvalue weighted by Crippen LogP contribution is -2.52. The predicted molar refractivity (Wildman–Crippen MR) is 76.9 cm³/mol. The Morgan fingerprint density at radius 1 is 1.53 bits per heavy atom. The molecule has 0 aromatic rings. The molecular weight excluding hydrogens is 264 g/mol. The van der Waals surface area contributed by atoms with E-state index in [1.165, 1.54) is 0 Å². The lowest BCUT2D eigenvalue weighted by atomic mass is 10.0. The molecule has 6 heteroatoms. The number of rotatable bonds is 6. The van der Waals surface area contributed by atoms with Gasteiger partial charge in [0.05, 0.1) is 6.61 Å². The molecule has 1 rings (SSSR count). The van der Waals surface area contributed by atoms with Gasteiger partial charge in [-0.1, -0.05) is 6.92 Å². The fourth-order valence-electron chi connectivity index (χ4n) is 2.13. The summed E-state index contributed by atoms with van der Waals surface area (Å²) in [6, 6.07) is -0.425. The van der Waals surface area contributed by atoms with Crippen LogP contribution in [0.2, 0.25) is 0 Å². The van der Waals surface area contributed by atoms with E-state index in [0.29, 0.717) is 25.4 Å². The molecule has 2 N–H and O–H groups in total. The van der Waals surface area contributed by atoms with Crippen LogP contribution in [0.5, 0.6) is 0 Å². The van der Waals surface area contributed by atoms with Crippen LogP contribution in [0.25, 0.3) is 0 Å². The van der Waals surface area contributed by atoms with Crippen LogP contribution in [0.15, 0.2) is 0 Å². The molecule has 0 spiro atoms. The molecule has 5 nitrogen and oxygen atoms in total. The fraction of sp³-hybridized carbons (Fsp3) is 0.846. The third kappa shape index (κ3) is 4.69. The first kappa shape index (κ1) is 16.3. The third-order valence-corrected chi connectivity index (χ3v) is 4.26. The maximum absolute atomic E-state index is 12.4. The molecule has 1 amide bonds. The van der Waals surface area contributed by atoms with Crippen LogP contribution in [0.3, 0.4) is 0 Å². The molecule has 0 radical (unpaired) electrons. The van der Waals surface area contributed by atoms with E-state index in [4.69, 9.17) is 10.5 Å². The molecule has 1 saturated heterocycles. The number of amides is 1. The number of nitrogens with two attached hydrogens (primary N) is 1. The summed E-state index contributed by atoms with van der Waals surface area (Å²) < 4.78 is 5.06. The second-order valence-electron chi connectivity index (χ2n) is 4.71. The van der Waals surface area contributed by atoms with Crippen LogP contribution in [-0.2, 0) is 14.3 Å². The zero-order chi connectivity index (χ0) is 14.3. The van der Waals surface area contributed by atoms with Crippen molar-refractivity contribution in [2.45, 2.75) is 32.7 Å². The van der Waals surface area contributed by atoms with Gasteiger partial charge in [0.2, 0.25) is 5.91 Å². The van der Waals surface area contributed by atoms with Crippen LogP contribution in [0, 0.1) is 5.92 Å². The van der Waals surface area contributed by atoms with Gasteiger partial charge in [-0.3, -0.25) is 4.79 Å². The Bertz CT molecular complexity index is 312. The van der Waals surface area contributed by atoms with Gasteiger partial charge in [0.25, 0.3) is 0 Å². The summed E-state index contributed by atoms with van der Waals surface area (Å²) in [7, 11) is 0. The van der Waals surface area contributed by atoms with Crippen molar-refractivity contribution in [1.29, 1.82) is 0 Å². The average Bonchev–Trinajstić information content (AvgIpc) is 2.44. The minimum atomic E-state index is -0.425. The van der Waals surface area contributed by atoms with E-state index in [0.717, 1.165) is 18.6 Å². The maximum Gasteiger partial charge on any atom is 0.329 e. The second kappa shape index (κ2) is 8.43. The highest BCUT2D eigenvalue weighted by Crippen LogP contribution is 2.21. The van der Waals surface area contributed by atoms with Gasteiger partial charge >= 0.3 is 5.97 Å². The molecule has 0 saturated carbocycles. The van der Waals surface area contributed by atoms with E-state index >= 15 is 0 Å². The number of carbonyl (C=O) groups is 2. The summed E-state index contributed by atoms with van der Waals surface area (Å²) in [4.78, 5) is 26.0.